The van der Waals surface area contributed by atoms with Crippen molar-refractivity contribution in [3.8, 4) is 79.7 Å². The minimum atomic E-state index is -1.02. The molecule has 9 aromatic carbocycles. The van der Waals surface area contributed by atoms with Crippen LogP contribution in [0.15, 0.2) is 168 Å². The lowest BCUT2D eigenvalue weighted by molar-refractivity contribution is 0.330. The van der Waals surface area contributed by atoms with E-state index in [-0.39, 0.29) is 5.56 Å². The topological polar surface area (TPSA) is 158 Å². The Labute approximate surface area is 357 Å². The second-order valence-electron chi connectivity index (χ2n) is 15.5. The van der Waals surface area contributed by atoms with Crippen molar-refractivity contribution in [1.82, 2.24) is 19.5 Å². The van der Waals surface area contributed by atoms with Gasteiger partial charge in [0.15, 0.2) is 29.0 Å². The molecule has 0 atom stereocenters. The molecule has 12 aromatic rings. The van der Waals surface area contributed by atoms with E-state index in [1.54, 1.807) is 12.1 Å². The van der Waals surface area contributed by atoms with Crippen LogP contribution in [-0.4, -0.2) is 45.1 Å². The van der Waals surface area contributed by atoms with Gasteiger partial charge in [-0.3, -0.25) is 0 Å². The van der Waals surface area contributed by atoms with Crippen molar-refractivity contribution in [2.45, 2.75) is 0 Å². The number of phenolic OH excluding ortho intramolecular Hbond substituents is 5. The van der Waals surface area contributed by atoms with Gasteiger partial charge in [-0.2, -0.15) is 0 Å². The molecule has 300 valence electrons. The summed E-state index contributed by atoms with van der Waals surface area (Å²) in [5.41, 5.74) is 6.18. The number of aromatic nitrogens is 4. The SMILES string of the molecule is Oc1c(O)c(O)c(-c2cccc3c2c2ccccc2n3-c2ccc3oc4c(-c5nc(-c6ccccc6)nc(-c6ccc7c(ccc8ccccc87)c6)n5)cccc4c3c2)c(O)c1O. The Hall–Kier alpha value is -8.89. The van der Waals surface area contributed by atoms with Gasteiger partial charge in [0.1, 0.15) is 11.2 Å². The zero-order valence-corrected chi connectivity index (χ0v) is 33.0. The molecule has 0 saturated carbocycles. The van der Waals surface area contributed by atoms with Crippen molar-refractivity contribution in [2.75, 3.05) is 0 Å². The number of nitrogens with zero attached hydrogens (tertiary/aromatic N) is 4. The number of fused-ring (bicyclic) bond motifs is 9. The van der Waals surface area contributed by atoms with E-state index in [1.807, 2.05) is 97.1 Å². The van der Waals surface area contributed by atoms with Crippen LogP contribution in [0.3, 0.4) is 0 Å². The maximum Gasteiger partial charge on any atom is 0.208 e. The normalized spacial score (nSPS) is 11.8. The van der Waals surface area contributed by atoms with Crippen LogP contribution in [0, 0.1) is 0 Å². The number of hydrogen-bond donors (Lipinski definition) is 5. The highest BCUT2D eigenvalue weighted by Crippen LogP contribution is 2.56. The van der Waals surface area contributed by atoms with Crippen molar-refractivity contribution in [2.24, 2.45) is 0 Å². The van der Waals surface area contributed by atoms with Crippen LogP contribution in [0.2, 0.25) is 0 Å². The molecule has 0 bridgehead atoms. The molecule has 0 spiro atoms. The summed E-state index contributed by atoms with van der Waals surface area (Å²) in [4.78, 5) is 15.2. The van der Waals surface area contributed by atoms with Crippen LogP contribution < -0.4 is 0 Å². The summed E-state index contributed by atoms with van der Waals surface area (Å²) in [5, 5.41) is 60.8. The Bertz CT molecular complexity index is 3850. The molecule has 3 aromatic heterocycles. The maximum absolute atomic E-state index is 11.0. The van der Waals surface area contributed by atoms with Gasteiger partial charge in [0.05, 0.1) is 22.2 Å². The van der Waals surface area contributed by atoms with Crippen molar-refractivity contribution in [1.29, 1.82) is 0 Å². The van der Waals surface area contributed by atoms with Crippen LogP contribution in [0.5, 0.6) is 28.7 Å². The number of benzene rings is 9. The maximum atomic E-state index is 11.0. The van der Waals surface area contributed by atoms with Gasteiger partial charge in [0, 0.05) is 38.4 Å². The monoisotopic (exact) mass is 820 g/mol. The van der Waals surface area contributed by atoms with E-state index in [0.717, 1.165) is 54.8 Å². The van der Waals surface area contributed by atoms with E-state index in [9.17, 15) is 25.5 Å². The van der Waals surface area contributed by atoms with Gasteiger partial charge in [0.2, 0.25) is 17.2 Å². The summed E-state index contributed by atoms with van der Waals surface area (Å²) in [6, 6.07) is 53.8. The first-order valence-electron chi connectivity index (χ1n) is 20.2. The van der Waals surface area contributed by atoms with E-state index < -0.39 is 28.7 Å². The molecule has 0 aliphatic carbocycles. The van der Waals surface area contributed by atoms with E-state index in [4.69, 9.17) is 19.4 Å². The van der Waals surface area contributed by atoms with E-state index in [0.29, 0.717) is 45.2 Å². The zero-order chi connectivity index (χ0) is 42.5. The molecule has 0 radical (unpaired) electrons. The van der Waals surface area contributed by atoms with Gasteiger partial charge in [0.25, 0.3) is 0 Å². The van der Waals surface area contributed by atoms with Gasteiger partial charge in [-0.15, -0.1) is 0 Å². The van der Waals surface area contributed by atoms with E-state index in [1.165, 1.54) is 10.8 Å². The second-order valence-corrected chi connectivity index (χ2v) is 15.5. The first-order chi connectivity index (χ1) is 30.8. The Morgan fingerprint density at radius 2 is 1.02 bits per heavy atom. The van der Waals surface area contributed by atoms with E-state index in [2.05, 4.69) is 59.2 Å². The average Bonchev–Trinajstić information content (AvgIpc) is 3.88. The average molecular weight is 821 g/mol. The van der Waals surface area contributed by atoms with Crippen molar-refractivity contribution >= 4 is 65.3 Å². The molecule has 0 fully saturated rings. The van der Waals surface area contributed by atoms with Gasteiger partial charge >= 0.3 is 0 Å². The molecule has 5 N–H and O–H groups in total. The molecule has 0 amide bonds. The molecule has 10 heteroatoms. The van der Waals surface area contributed by atoms with Gasteiger partial charge in [-0.05, 0) is 69.6 Å². The van der Waals surface area contributed by atoms with Crippen LogP contribution in [-0.2, 0) is 0 Å². The number of furan rings is 1. The van der Waals surface area contributed by atoms with Gasteiger partial charge in [-0.25, -0.2) is 15.0 Å². The predicted molar refractivity (Wildman–Crippen MR) is 247 cm³/mol. The second kappa shape index (κ2) is 13.6. The molecule has 3 heterocycles. The molecule has 0 aliphatic rings. The molecular weight excluding hydrogens is 789 g/mol. The van der Waals surface area contributed by atoms with Crippen molar-refractivity contribution in [3.63, 3.8) is 0 Å². The van der Waals surface area contributed by atoms with Crippen LogP contribution >= 0.6 is 0 Å². The molecule has 63 heavy (non-hydrogen) atoms. The summed E-state index contributed by atoms with van der Waals surface area (Å²) >= 11 is 0. The predicted octanol–water partition coefficient (Wildman–Crippen LogP) is 12.4. The third kappa shape index (κ3) is 5.41. The molecule has 10 nitrogen and oxygen atoms in total. The minimum Gasteiger partial charge on any atom is -0.504 e. The fourth-order valence-corrected chi connectivity index (χ4v) is 9.04. The van der Waals surface area contributed by atoms with E-state index >= 15 is 0 Å². The van der Waals surface area contributed by atoms with Crippen molar-refractivity contribution < 1.29 is 29.9 Å². The Morgan fingerprint density at radius 3 is 1.84 bits per heavy atom. The molecule has 12 rings (SSSR count). The third-order valence-corrected chi connectivity index (χ3v) is 12.0. The highest BCUT2D eigenvalue weighted by Gasteiger charge is 2.27. The highest BCUT2D eigenvalue weighted by atomic mass is 16.4. The smallest absolute Gasteiger partial charge is 0.208 e. The fourth-order valence-electron chi connectivity index (χ4n) is 9.04. The van der Waals surface area contributed by atoms with Crippen LogP contribution in [0.4, 0.5) is 0 Å². The Morgan fingerprint density at radius 1 is 0.397 bits per heavy atom. The lowest BCUT2D eigenvalue weighted by atomic mass is 9.96. The standard InChI is InChI=1S/C53H32N4O6/c58-45-44(46(59)48(61)49(62)47(45)60)37-16-9-19-41-43(37)36-14-6-7-18-40(36)57(41)32-23-25-42-39(27-32)35-15-8-17-38(50(35)63-42)53-55-51(29-11-2-1-3-12-29)54-52(56-53)31-22-24-34-30(26-31)21-20-28-10-4-5-13-33(28)34/h1-27,58-62H. The summed E-state index contributed by atoms with van der Waals surface area (Å²) in [6.45, 7) is 0. The third-order valence-electron chi connectivity index (χ3n) is 12.0. The quantitative estimate of drug-likeness (QED) is 0.0647. The summed E-state index contributed by atoms with van der Waals surface area (Å²) < 4.78 is 8.75. The minimum absolute atomic E-state index is 0.216. The molecule has 0 aliphatic heterocycles. The number of aromatic hydroxyl groups is 5. The van der Waals surface area contributed by atoms with Gasteiger partial charge < -0.3 is 34.5 Å². The summed E-state index contributed by atoms with van der Waals surface area (Å²) in [5.74, 6) is -2.88. The molecule has 0 saturated heterocycles. The number of para-hydroxylation sites is 2. The molecule has 0 unspecified atom stereocenters. The fraction of sp³-hybridized carbons (Fsp3) is 0. The summed E-state index contributed by atoms with van der Waals surface area (Å²) in [7, 11) is 0. The van der Waals surface area contributed by atoms with Crippen LogP contribution in [0.25, 0.3) is 116 Å². The first-order valence-corrected chi connectivity index (χ1v) is 20.2. The zero-order valence-electron chi connectivity index (χ0n) is 33.0. The Kier molecular flexibility index (Phi) is 7.75. The molecular formula is C53H32N4O6. The summed E-state index contributed by atoms with van der Waals surface area (Å²) in [6.07, 6.45) is 0. The first kappa shape index (κ1) is 36.0. The lowest BCUT2D eigenvalue weighted by Gasteiger charge is -2.14. The number of phenols is 5. The van der Waals surface area contributed by atoms with Crippen LogP contribution in [0.1, 0.15) is 0 Å². The number of hydrogen-bond acceptors (Lipinski definition) is 9. The lowest BCUT2D eigenvalue weighted by Crippen LogP contribution is -2.00. The largest absolute Gasteiger partial charge is 0.504 e. The Balaban J connectivity index is 1.03. The number of rotatable bonds is 5. The van der Waals surface area contributed by atoms with Gasteiger partial charge in [-0.1, -0.05) is 121 Å². The van der Waals surface area contributed by atoms with Crippen molar-refractivity contribution in [3.05, 3.63) is 164 Å². The highest BCUT2D eigenvalue weighted by molar-refractivity contribution is 6.18.